The Kier molecular flexibility index (Phi) is 4.65. The molecule has 1 fully saturated rings. The van der Waals surface area contributed by atoms with Crippen molar-refractivity contribution in [1.29, 1.82) is 0 Å². The van der Waals surface area contributed by atoms with E-state index >= 15 is 0 Å². The summed E-state index contributed by atoms with van der Waals surface area (Å²) in [6, 6.07) is 0. The number of thioether (sulfide) groups is 1. The van der Waals surface area contributed by atoms with Crippen molar-refractivity contribution in [3.63, 3.8) is 0 Å². The normalized spacial score (nSPS) is 19.9. The molecule has 0 spiro atoms. The van der Waals surface area contributed by atoms with Crippen LogP contribution in [0.25, 0.3) is 0 Å². The summed E-state index contributed by atoms with van der Waals surface area (Å²) < 4.78 is 0. The molecule has 2 N–H and O–H groups in total. The molecule has 1 aliphatic rings. The van der Waals surface area contributed by atoms with Crippen molar-refractivity contribution >= 4 is 23.6 Å². The third-order valence-corrected chi connectivity index (χ3v) is 3.97. The lowest BCUT2D eigenvalue weighted by molar-refractivity contribution is -0.143. The van der Waals surface area contributed by atoms with E-state index in [-0.39, 0.29) is 11.8 Å². The topological polar surface area (TPSA) is 63.4 Å². The largest absolute Gasteiger partial charge is 0.368 e. The van der Waals surface area contributed by atoms with Crippen molar-refractivity contribution in [3.05, 3.63) is 0 Å². The Morgan fingerprint density at radius 2 is 2.31 bits per heavy atom. The second kappa shape index (κ2) is 5.57. The van der Waals surface area contributed by atoms with E-state index in [1.807, 2.05) is 13.2 Å². The average Bonchev–Trinajstić information content (AvgIpc) is 2.67. The molecule has 1 rings (SSSR count). The van der Waals surface area contributed by atoms with Gasteiger partial charge < -0.3 is 10.6 Å². The van der Waals surface area contributed by atoms with Gasteiger partial charge in [0.2, 0.25) is 11.8 Å². The number of amides is 2. The molecule has 2 amide bonds. The van der Waals surface area contributed by atoms with Gasteiger partial charge in [-0.2, -0.15) is 11.8 Å². The van der Waals surface area contributed by atoms with Crippen LogP contribution in [0.1, 0.15) is 32.6 Å². The highest BCUT2D eigenvalue weighted by atomic mass is 32.2. The minimum absolute atomic E-state index is 0.0711. The smallest absolute Gasteiger partial charge is 0.243 e. The van der Waals surface area contributed by atoms with Crippen molar-refractivity contribution in [2.45, 2.75) is 38.1 Å². The summed E-state index contributed by atoms with van der Waals surface area (Å²) in [6.07, 6.45) is 4.65. The molecule has 0 bridgehead atoms. The lowest BCUT2D eigenvalue weighted by Gasteiger charge is -2.38. The van der Waals surface area contributed by atoms with Gasteiger partial charge in [0, 0.05) is 13.0 Å². The standard InChI is InChI=1S/C11H20N2O2S/c1-3-11(10(12)15,6-8-16-2)13-7-4-5-9(13)14/h3-8H2,1-2H3,(H2,12,15)/t11-/m0/s1. The van der Waals surface area contributed by atoms with E-state index in [2.05, 4.69) is 0 Å². The first-order valence-corrected chi connectivity index (χ1v) is 7.07. The van der Waals surface area contributed by atoms with Gasteiger partial charge in [0.1, 0.15) is 5.54 Å². The molecule has 0 radical (unpaired) electrons. The first kappa shape index (κ1) is 13.4. The molecule has 16 heavy (non-hydrogen) atoms. The maximum absolute atomic E-state index is 11.8. The zero-order valence-corrected chi connectivity index (χ0v) is 10.8. The van der Waals surface area contributed by atoms with Gasteiger partial charge in [-0.3, -0.25) is 9.59 Å². The molecule has 0 aliphatic carbocycles. The van der Waals surface area contributed by atoms with E-state index in [0.29, 0.717) is 25.8 Å². The Morgan fingerprint density at radius 3 is 2.69 bits per heavy atom. The number of primary amides is 1. The molecule has 1 heterocycles. The number of rotatable bonds is 6. The van der Waals surface area contributed by atoms with Crippen molar-refractivity contribution in [1.82, 2.24) is 4.90 Å². The number of carbonyl (C=O) groups excluding carboxylic acids is 2. The summed E-state index contributed by atoms with van der Waals surface area (Å²) in [5.41, 5.74) is 4.77. The van der Waals surface area contributed by atoms with Crippen molar-refractivity contribution < 1.29 is 9.59 Å². The van der Waals surface area contributed by atoms with E-state index in [1.54, 1.807) is 16.7 Å². The van der Waals surface area contributed by atoms with Crippen molar-refractivity contribution in [2.75, 3.05) is 18.6 Å². The Labute approximate surface area is 101 Å². The molecular formula is C11H20N2O2S. The lowest BCUT2D eigenvalue weighted by Crippen LogP contribution is -2.58. The van der Waals surface area contributed by atoms with Crippen molar-refractivity contribution in [3.8, 4) is 0 Å². The van der Waals surface area contributed by atoms with Crippen LogP contribution in [0.2, 0.25) is 0 Å². The van der Waals surface area contributed by atoms with E-state index in [9.17, 15) is 9.59 Å². The molecule has 0 aromatic carbocycles. The SMILES string of the molecule is CC[C@](CCSC)(C(N)=O)N1CCCC1=O. The summed E-state index contributed by atoms with van der Waals surface area (Å²) in [4.78, 5) is 25.2. The van der Waals surface area contributed by atoms with Crippen LogP contribution in [0, 0.1) is 0 Å². The molecule has 92 valence electrons. The summed E-state index contributed by atoms with van der Waals surface area (Å²) in [7, 11) is 0. The predicted molar refractivity (Wildman–Crippen MR) is 66.2 cm³/mol. The fourth-order valence-electron chi connectivity index (χ4n) is 2.30. The lowest BCUT2D eigenvalue weighted by atomic mass is 9.90. The molecule has 5 heteroatoms. The van der Waals surface area contributed by atoms with Gasteiger partial charge in [-0.05, 0) is 31.3 Å². The average molecular weight is 244 g/mol. The van der Waals surface area contributed by atoms with Crippen LogP contribution in [0.4, 0.5) is 0 Å². The van der Waals surface area contributed by atoms with Crippen LogP contribution >= 0.6 is 11.8 Å². The van der Waals surface area contributed by atoms with E-state index in [0.717, 1.165) is 12.2 Å². The van der Waals surface area contributed by atoms with Crippen LogP contribution in [0.15, 0.2) is 0 Å². The number of likely N-dealkylation sites (tertiary alicyclic amines) is 1. The molecule has 1 atom stereocenters. The van der Waals surface area contributed by atoms with Gasteiger partial charge in [0.15, 0.2) is 0 Å². The number of nitrogens with two attached hydrogens (primary N) is 1. The fourth-order valence-corrected chi connectivity index (χ4v) is 2.85. The molecular weight excluding hydrogens is 224 g/mol. The van der Waals surface area contributed by atoms with Crippen molar-refractivity contribution in [2.24, 2.45) is 5.73 Å². The molecule has 4 nitrogen and oxygen atoms in total. The third-order valence-electron chi connectivity index (χ3n) is 3.35. The van der Waals surface area contributed by atoms with Gasteiger partial charge in [0.05, 0.1) is 0 Å². The highest BCUT2D eigenvalue weighted by Crippen LogP contribution is 2.30. The van der Waals surface area contributed by atoms with Crippen LogP contribution in [-0.2, 0) is 9.59 Å². The second-order valence-electron chi connectivity index (χ2n) is 4.14. The van der Waals surface area contributed by atoms with Crippen LogP contribution < -0.4 is 5.73 Å². The maximum Gasteiger partial charge on any atom is 0.243 e. The summed E-state index contributed by atoms with van der Waals surface area (Å²) in [5.74, 6) is 0.557. The van der Waals surface area contributed by atoms with Gasteiger partial charge in [-0.1, -0.05) is 6.92 Å². The quantitative estimate of drug-likeness (QED) is 0.758. The van der Waals surface area contributed by atoms with Crippen LogP contribution in [0.3, 0.4) is 0 Å². The number of nitrogens with zero attached hydrogens (tertiary/aromatic N) is 1. The van der Waals surface area contributed by atoms with Gasteiger partial charge >= 0.3 is 0 Å². The van der Waals surface area contributed by atoms with Crippen LogP contribution in [-0.4, -0.2) is 40.8 Å². The van der Waals surface area contributed by atoms with E-state index in [4.69, 9.17) is 5.73 Å². The van der Waals surface area contributed by atoms with Gasteiger partial charge in [-0.25, -0.2) is 0 Å². The highest BCUT2D eigenvalue weighted by molar-refractivity contribution is 7.98. The first-order chi connectivity index (χ1) is 7.58. The Morgan fingerprint density at radius 1 is 1.62 bits per heavy atom. The van der Waals surface area contributed by atoms with Gasteiger partial charge in [-0.15, -0.1) is 0 Å². The number of hydrogen-bond donors (Lipinski definition) is 1. The number of carbonyl (C=O) groups is 2. The molecule has 0 saturated carbocycles. The highest BCUT2D eigenvalue weighted by Gasteiger charge is 2.44. The van der Waals surface area contributed by atoms with E-state index < -0.39 is 5.54 Å². The minimum Gasteiger partial charge on any atom is -0.368 e. The van der Waals surface area contributed by atoms with Crippen LogP contribution in [0.5, 0.6) is 0 Å². The van der Waals surface area contributed by atoms with E-state index in [1.165, 1.54) is 0 Å². The maximum atomic E-state index is 11.8. The minimum atomic E-state index is -0.753. The second-order valence-corrected chi connectivity index (χ2v) is 5.13. The Bertz CT molecular complexity index is 283. The Balaban J connectivity index is 2.91. The third kappa shape index (κ3) is 2.34. The monoisotopic (exact) mass is 244 g/mol. The first-order valence-electron chi connectivity index (χ1n) is 5.68. The number of hydrogen-bond acceptors (Lipinski definition) is 3. The summed E-state index contributed by atoms with van der Waals surface area (Å²) >= 11 is 1.68. The fraction of sp³-hybridized carbons (Fsp3) is 0.818. The predicted octanol–water partition coefficient (Wildman–Crippen LogP) is 0.996. The summed E-state index contributed by atoms with van der Waals surface area (Å²) in [6.45, 7) is 2.60. The zero-order valence-electron chi connectivity index (χ0n) is 9.99. The molecule has 0 aromatic rings. The van der Waals surface area contributed by atoms with Gasteiger partial charge in [0.25, 0.3) is 0 Å². The molecule has 1 saturated heterocycles. The Hall–Kier alpha value is -0.710. The molecule has 1 aliphatic heterocycles. The molecule has 0 unspecified atom stereocenters. The zero-order chi connectivity index (χ0) is 12.2. The molecule has 0 aromatic heterocycles. The summed E-state index contributed by atoms with van der Waals surface area (Å²) in [5, 5.41) is 0.